The van der Waals surface area contributed by atoms with Crippen molar-refractivity contribution < 1.29 is 13.6 Å². The van der Waals surface area contributed by atoms with Crippen LogP contribution in [0.25, 0.3) is 11.0 Å². The van der Waals surface area contributed by atoms with Crippen molar-refractivity contribution >= 4 is 38.5 Å². The summed E-state index contributed by atoms with van der Waals surface area (Å²) in [6.07, 6.45) is 0.990. The van der Waals surface area contributed by atoms with E-state index in [4.69, 9.17) is 4.42 Å². The highest BCUT2D eigenvalue weighted by Crippen LogP contribution is 2.28. The monoisotopic (exact) mass is 430 g/mol. The summed E-state index contributed by atoms with van der Waals surface area (Å²) in [6, 6.07) is 12.3. The Balaban J connectivity index is 1.38. The number of hydrogen-bond acceptors (Lipinski definition) is 3. The molecule has 1 fully saturated rings. The van der Waals surface area contributed by atoms with Crippen LogP contribution >= 0.6 is 15.9 Å². The average Bonchev–Trinajstić information content (AvgIpc) is 3.26. The summed E-state index contributed by atoms with van der Waals surface area (Å²) in [5.74, 6) is 0.323. The van der Waals surface area contributed by atoms with Crippen molar-refractivity contribution in [1.29, 1.82) is 0 Å². The van der Waals surface area contributed by atoms with Crippen molar-refractivity contribution in [3.05, 3.63) is 64.1 Å². The van der Waals surface area contributed by atoms with Gasteiger partial charge < -0.3 is 14.6 Å². The number of nitrogens with one attached hydrogen (secondary N) is 1. The zero-order valence-corrected chi connectivity index (χ0v) is 16.6. The molecule has 4 rings (SSSR count). The summed E-state index contributed by atoms with van der Waals surface area (Å²) in [7, 11) is 0. The van der Waals surface area contributed by atoms with Gasteiger partial charge in [-0.05, 0) is 61.7 Å². The first-order valence-corrected chi connectivity index (χ1v) is 9.78. The number of amides is 1. The Kier molecular flexibility index (Phi) is 4.91. The zero-order valence-electron chi connectivity index (χ0n) is 15.0. The molecule has 0 bridgehead atoms. The van der Waals surface area contributed by atoms with Gasteiger partial charge in [0.25, 0.3) is 5.91 Å². The molecular weight excluding hydrogens is 411 g/mol. The van der Waals surface area contributed by atoms with Crippen molar-refractivity contribution in [3.63, 3.8) is 0 Å². The van der Waals surface area contributed by atoms with E-state index < -0.39 is 0 Å². The van der Waals surface area contributed by atoms with Gasteiger partial charge in [0.15, 0.2) is 5.76 Å². The number of carbonyl (C=O) groups excluding carboxylic acids is 1. The SMILES string of the molecule is Cc1c(C(=O)NCC2CCN(c3ccc(F)cc3)C2)oc2ccc(Br)cc12. The Bertz CT molecular complexity index is 984. The number of nitrogens with zero attached hydrogens (tertiary/aromatic N) is 1. The Hall–Kier alpha value is -2.34. The van der Waals surface area contributed by atoms with Crippen LogP contribution in [0.3, 0.4) is 0 Å². The predicted octanol–water partition coefficient (Wildman–Crippen LogP) is 4.90. The summed E-state index contributed by atoms with van der Waals surface area (Å²) >= 11 is 3.45. The second-order valence-electron chi connectivity index (χ2n) is 6.98. The lowest BCUT2D eigenvalue weighted by Crippen LogP contribution is -2.31. The van der Waals surface area contributed by atoms with Gasteiger partial charge in [-0.25, -0.2) is 4.39 Å². The summed E-state index contributed by atoms with van der Waals surface area (Å²) in [6.45, 7) is 4.25. The highest BCUT2D eigenvalue weighted by molar-refractivity contribution is 9.10. The van der Waals surface area contributed by atoms with Crippen LogP contribution in [0.5, 0.6) is 0 Å². The molecule has 6 heteroatoms. The third-order valence-electron chi connectivity index (χ3n) is 5.13. The minimum atomic E-state index is -0.227. The molecule has 0 aliphatic carbocycles. The maximum absolute atomic E-state index is 13.1. The molecule has 1 saturated heterocycles. The van der Waals surface area contributed by atoms with Crippen molar-refractivity contribution in [2.75, 3.05) is 24.5 Å². The van der Waals surface area contributed by atoms with Gasteiger partial charge in [0, 0.05) is 40.7 Å². The molecule has 0 radical (unpaired) electrons. The topological polar surface area (TPSA) is 45.5 Å². The predicted molar refractivity (Wildman–Crippen MR) is 108 cm³/mol. The van der Waals surface area contributed by atoms with Gasteiger partial charge in [-0.3, -0.25) is 4.79 Å². The molecule has 0 saturated carbocycles. The lowest BCUT2D eigenvalue weighted by Gasteiger charge is -2.18. The van der Waals surface area contributed by atoms with Crippen LogP contribution in [0.4, 0.5) is 10.1 Å². The molecule has 140 valence electrons. The number of hydrogen-bond donors (Lipinski definition) is 1. The number of halogens is 2. The largest absolute Gasteiger partial charge is 0.451 e. The van der Waals surface area contributed by atoms with E-state index in [1.807, 2.05) is 25.1 Å². The normalized spacial score (nSPS) is 16.9. The number of benzene rings is 2. The van der Waals surface area contributed by atoms with Gasteiger partial charge >= 0.3 is 0 Å². The zero-order chi connectivity index (χ0) is 19.0. The van der Waals surface area contributed by atoms with E-state index in [2.05, 4.69) is 26.1 Å². The van der Waals surface area contributed by atoms with Crippen LogP contribution in [0, 0.1) is 18.7 Å². The van der Waals surface area contributed by atoms with E-state index in [0.717, 1.165) is 40.6 Å². The molecular formula is C21H20BrFN2O2. The first-order chi connectivity index (χ1) is 13.0. The Labute approximate surface area is 165 Å². The molecule has 4 nitrogen and oxygen atoms in total. The molecule has 1 aromatic heterocycles. The Morgan fingerprint density at radius 3 is 2.85 bits per heavy atom. The van der Waals surface area contributed by atoms with Crippen LogP contribution < -0.4 is 10.2 Å². The van der Waals surface area contributed by atoms with E-state index >= 15 is 0 Å². The molecule has 1 amide bonds. The van der Waals surface area contributed by atoms with Gasteiger partial charge in [-0.1, -0.05) is 15.9 Å². The molecule has 1 aliphatic rings. The fourth-order valence-corrected chi connectivity index (χ4v) is 3.97. The van der Waals surface area contributed by atoms with E-state index in [1.165, 1.54) is 12.1 Å². The fourth-order valence-electron chi connectivity index (χ4n) is 3.61. The number of anilines is 1. The summed E-state index contributed by atoms with van der Waals surface area (Å²) in [5, 5.41) is 3.95. The second-order valence-corrected chi connectivity index (χ2v) is 7.90. The van der Waals surface area contributed by atoms with E-state index in [0.29, 0.717) is 23.8 Å². The van der Waals surface area contributed by atoms with Crippen LogP contribution in [0.1, 0.15) is 22.5 Å². The van der Waals surface area contributed by atoms with Crippen LogP contribution in [-0.4, -0.2) is 25.5 Å². The van der Waals surface area contributed by atoms with Gasteiger partial charge in [-0.2, -0.15) is 0 Å². The van der Waals surface area contributed by atoms with Crippen molar-refractivity contribution in [2.45, 2.75) is 13.3 Å². The maximum Gasteiger partial charge on any atom is 0.287 e. The third-order valence-corrected chi connectivity index (χ3v) is 5.63. The molecule has 1 unspecified atom stereocenters. The van der Waals surface area contributed by atoms with Crippen LogP contribution in [0.15, 0.2) is 51.4 Å². The quantitative estimate of drug-likeness (QED) is 0.639. The summed E-state index contributed by atoms with van der Waals surface area (Å²) in [4.78, 5) is 14.8. The fraction of sp³-hybridized carbons (Fsp3) is 0.286. The first kappa shape index (κ1) is 18.0. The highest BCUT2D eigenvalue weighted by Gasteiger charge is 2.24. The maximum atomic E-state index is 13.1. The number of carbonyl (C=O) groups is 1. The number of rotatable bonds is 4. The third kappa shape index (κ3) is 3.72. The van der Waals surface area contributed by atoms with Gasteiger partial charge in [0.05, 0.1) is 0 Å². The van der Waals surface area contributed by atoms with E-state index in [-0.39, 0.29) is 11.7 Å². The number of aryl methyl sites for hydroxylation is 1. The first-order valence-electron chi connectivity index (χ1n) is 8.98. The summed E-state index contributed by atoms with van der Waals surface area (Å²) < 4.78 is 19.8. The molecule has 1 atom stereocenters. The molecule has 0 spiro atoms. The van der Waals surface area contributed by atoms with Crippen LogP contribution in [-0.2, 0) is 0 Å². The van der Waals surface area contributed by atoms with Gasteiger partial charge in [-0.15, -0.1) is 0 Å². The van der Waals surface area contributed by atoms with Crippen molar-refractivity contribution in [2.24, 2.45) is 5.92 Å². The van der Waals surface area contributed by atoms with Crippen molar-refractivity contribution in [1.82, 2.24) is 5.32 Å². The number of fused-ring (bicyclic) bond motifs is 1. The lowest BCUT2D eigenvalue weighted by molar-refractivity contribution is 0.0922. The van der Waals surface area contributed by atoms with Crippen LogP contribution in [0.2, 0.25) is 0 Å². The van der Waals surface area contributed by atoms with Gasteiger partial charge in [0.2, 0.25) is 0 Å². The van der Waals surface area contributed by atoms with Gasteiger partial charge in [0.1, 0.15) is 11.4 Å². The molecule has 1 aliphatic heterocycles. The molecule has 2 aromatic carbocycles. The standard InChI is InChI=1S/C21H20BrFN2O2/c1-13-18-10-15(22)2-7-19(18)27-20(13)21(26)24-11-14-8-9-25(12-14)17-5-3-16(23)4-6-17/h2-7,10,14H,8-9,11-12H2,1H3,(H,24,26). The smallest absolute Gasteiger partial charge is 0.287 e. The number of furan rings is 1. The molecule has 3 aromatic rings. The molecule has 1 N–H and O–H groups in total. The molecule has 27 heavy (non-hydrogen) atoms. The van der Waals surface area contributed by atoms with E-state index in [1.54, 1.807) is 12.1 Å². The Morgan fingerprint density at radius 1 is 1.30 bits per heavy atom. The lowest BCUT2D eigenvalue weighted by atomic mass is 10.1. The Morgan fingerprint density at radius 2 is 2.07 bits per heavy atom. The highest BCUT2D eigenvalue weighted by atomic mass is 79.9. The molecule has 2 heterocycles. The van der Waals surface area contributed by atoms with Crippen molar-refractivity contribution in [3.8, 4) is 0 Å². The average molecular weight is 431 g/mol. The summed E-state index contributed by atoms with van der Waals surface area (Å²) in [5.41, 5.74) is 2.58. The second kappa shape index (κ2) is 7.35. The minimum absolute atomic E-state index is 0.181. The minimum Gasteiger partial charge on any atom is -0.451 e. The van der Waals surface area contributed by atoms with E-state index in [9.17, 15) is 9.18 Å².